The summed E-state index contributed by atoms with van der Waals surface area (Å²) in [5.74, 6) is -1.44. The van der Waals surface area contributed by atoms with Gasteiger partial charge in [-0.25, -0.2) is 5.43 Å². The second-order valence-electron chi connectivity index (χ2n) is 7.77. The Balaban J connectivity index is 1.43. The fraction of sp³-hybridized carbons (Fsp3) is 0.333. The number of carbonyl (C=O) groups excluding carboxylic acids is 3. The molecule has 1 aliphatic heterocycles. The second-order valence-corrected chi connectivity index (χ2v) is 7.77. The summed E-state index contributed by atoms with van der Waals surface area (Å²) >= 11 is 0. The van der Waals surface area contributed by atoms with E-state index in [1.807, 2.05) is 32.0 Å². The lowest BCUT2D eigenvalue weighted by atomic mass is 10.1. The van der Waals surface area contributed by atoms with E-state index in [0.29, 0.717) is 24.5 Å². The molecule has 0 aliphatic carbocycles. The van der Waals surface area contributed by atoms with E-state index < -0.39 is 11.8 Å². The van der Waals surface area contributed by atoms with Crippen molar-refractivity contribution in [3.63, 3.8) is 0 Å². The Kier molecular flexibility index (Phi) is 8.54. The lowest BCUT2D eigenvalue weighted by molar-refractivity contribution is -0.139. The molecule has 2 aromatic rings. The normalized spacial score (nSPS) is 15.3. The molecule has 1 atom stereocenters. The molecular weight excluding hydrogens is 424 g/mol. The fourth-order valence-corrected chi connectivity index (χ4v) is 3.28. The van der Waals surface area contributed by atoms with Crippen molar-refractivity contribution in [1.29, 1.82) is 0 Å². The van der Waals surface area contributed by atoms with Gasteiger partial charge in [0.1, 0.15) is 5.75 Å². The maximum Gasteiger partial charge on any atom is 0.329 e. The first kappa shape index (κ1) is 23.9. The van der Waals surface area contributed by atoms with Crippen LogP contribution in [0.4, 0.5) is 5.69 Å². The quantitative estimate of drug-likeness (QED) is 0.322. The standard InChI is InChI=1S/C24H28N4O5/c1-16-8-9-21(17(2)11-16)27-22(29)15-33-19-6-3-5-18(12-19)13-26-28-24(31)23(30)25-14-20-7-4-10-32-20/h3,5-6,8-9,11-13,20H,4,7,10,14-15H2,1-2H3,(H,25,30)(H,27,29)(H,28,31)/b26-13-/t20-/m0/s1. The van der Waals surface area contributed by atoms with Crippen molar-refractivity contribution in [3.05, 3.63) is 59.2 Å². The maximum absolute atomic E-state index is 12.2. The first-order valence-electron chi connectivity index (χ1n) is 10.7. The van der Waals surface area contributed by atoms with Crippen LogP contribution in [0.25, 0.3) is 0 Å². The van der Waals surface area contributed by atoms with Gasteiger partial charge in [-0.05, 0) is 56.0 Å². The molecule has 3 N–H and O–H groups in total. The molecule has 0 unspecified atom stereocenters. The molecule has 1 fully saturated rings. The lowest BCUT2D eigenvalue weighted by Crippen LogP contribution is -2.41. The van der Waals surface area contributed by atoms with Gasteiger partial charge in [0, 0.05) is 18.8 Å². The molecule has 3 amide bonds. The van der Waals surface area contributed by atoms with Crippen LogP contribution in [0.2, 0.25) is 0 Å². The Bertz CT molecular complexity index is 1030. The molecule has 1 saturated heterocycles. The van der Waals surface area contributed by atoms with Crippen molar-refractivity contribution < 1.29 is 23.9 Å². The number of rotatable bonds is 8. The van der Waals surface area contributed by atoms with E-state index in [9.17, 15) is 14.4 Å². The van der Waals surface area contributed by atoms with E-state index in [-0.39, 0.29) is 18.6 Å². The average molecular weight is 453 g/mol. The predicted octanol–water partition coefficient (Wildman–Crippen LogP) is 2.07. The van der Waals surface area contributed by atoms with Gasteiger partial charge in [-0.2, -0.15) is 5.10 Å². The van der Waals surface area contributed by atoms with Crippen LogP contribution < -0.4 is 20.8 Å². The minimum atomic E-state index is -0.861. The molecule has 0 radical (unpaired) electrons. The third-order valence-electron chi connectivity index (χ3n) is 4.98. The molecule has 9 heteroatoms. The molecule has 1 heterocycles. The summed E-state index contributed by atoms with van der Waals surface area (Å²) in [6.07, 6.45) is 3.16. The van der Waals surface area contributed by atoms with Crippen molar-refractivity contribution in [1.82, 2.24) is 10.7 Å². The Hall–Kier alpha value is -3.72. The summed E-state index contributed by atoms with van der Waals surface area (Å²) in [5, 5.41) is 9.15. The fourth-order valence-electron chi connectivity index (χ4n) is 3.28. The molecular formula is C24H28N4O5. The summed E-state index contributed by atoms with van der Waals surface area (Å²) in [6.45, 7) is 4.74. The van der Waals surface area contributed by atoms with E-state index in [1.54, 1.807) is 24.3 Å². The second kappa shape index (κ2) is 11.8. The highest BCUT2D eigenvalue weighted by atomic mass is 16.5. The number of aryl methyl sites for hydroxylation is 2. The lowest BCUT2D eigenvalue weighted by Gasteiger charge is -2.10. The molecule has 0 spiro atoms. The number of nitrogens with one attached hydrogen (secondary N) is 3. The molecule has 33 heavy (non-hydrogen) atoms. The van der Waals surface area contributed by atoms with Crippen molar-refractivity contribution in [2.75, 3.05) is 25.1 Å². The minimum Gasteiger partial charge on any atom is -0.484 e. The molecule has 0 aromatic heterocycles. The summed E-state index contributed by atoms with van der Waals surface area (Å²) in [7, 11) is 0. The van der Waals surface area contributed by atoms with Crippen LogP contribution >= 0.6 is 0 Å². The van der Waals surface area contributed by atoms with E-state index in [0.717, 1.165) is 29.7 Å². The van der Waals surface area contributed by atoms with Crippen molar-refractivity contribution >= 4 is 29.6 Å². The third-order valence-corrected chi connectivity index (χ3v) is 4.98. The molecule has 2 aromatic carbocycles. The van der Waals surface area contributed by atoms with Crippen LogP contribution in [0, 0.1) is 13.8 Å². The average Bonchev–Trinajstić information content (AvgIpc) is 3.32. The van der Waals surface area contributed by atoms with Gasteiger partial charge in [0.15, 0.2) is 6.61 Å². The van der Waals surface area contributed by atoms with E-state index in [2.05, 4.69) is 21.2 Å². The van der Waals surface area contributed by atoms with E-state index >= 15 is 0 Å². The Morgan fingerprint density at radius 3 is 2.76 bits per heavy atom. The van der Waals surface area contributed by atoms with Crippen LogP contribution in [0.15, 0.2) is 47.6 Å². The number of hydrogen-bond donors (Lipinski definition) is 3. The highest BCUT2D eigenvalue weighted by molar-refractivity contribution is 6.35. The summed E-state index contributed by atoms with van der Waals surface area (Å²) < 4.78 is 10.9. The van der Waals surface area contributed by atoms with Crippen LogP contribution in [0.1, 0.15) is 29.5 Å². The van der Waals surface area contributed by atoms with Gasteiger partial charge in [0.25, 0.3) is 5.91 Å². The number of hydrazone groups is 1. The van der Waals surface area contributed by atoms with Gasteiger partial charge in [0.2, 0.25) is 0 Å². The van der Waals surface area contributed by atoms with Gasteiger partial charge in [0.05, 0.1) is 12.3 Å². The Morgan fingerprint density at radius 2 is 2.00 bits per heavy atom. The molecule has 174 valence electrons. The summed E-state index contributed by atoms with van der Waals surface area (Å²) in [4.78, 5) is 35.8. The molecule has 1 aliphatic rings. The number of benzene rings is 2. The Morgan fingerprint density at radius 1 is 1.15 bits per heavy atom. The first-order chi connectivity index (χ1) is 15.9. The topological polar surface area (TPSA) is 118 Å². The monoisotopic (exact) mass is 452 g/mol. The van der Waals surface area contributed by atoms with Crippen LogP contribution in [-0.2, 0) is 19.1 Å². The number of hydrogen-bond acceptors (Lipinski definition) is 6. The molecule has 0 bridgehead atoms. The molecule has 0 saturated carbocycles. The van der Waals surface area contributed by atoms with Crippen LogP contribution in [-0.4, -0.2) is 49.8 Å². The number of ether oxygens (including phenoxy) is 2. The van der Waals surface area contributed by atoms with Crippen molar-refractivity contribution in [3.8, 4) is 5.75 Å². The Labute approximate surface area is 192 Å². The third kappa shape index (κ3) is 7.73. The van der Waals surface area contributed by atoms with Gasteiger partial charge in [-0.1, -0.05) is 29.8 Å². The zero-order valence-electron chi connectivity index (χ0n) is 18.7. The van der Waals surface area contributed by atoms with Gasteiger partial charge in [-0.15, -0.1) is 0 Å². The van der Waals surface area contributed by atoms with Crippen LogP contribution in [0.5, 0.6) is 5.75 Å². The zero-order chi connectivity index (χ0) is 23.6. The highest BCUT2D eigenvalue weighted by Crippen LogP contribution is 2.16. The summed E-state index contributed by atoms with van der Waals surface area (Å²) in [6, 6.07) is 12.6. The summed E-state index contributed by atoms with van der Waals surface area (Å²) in [5.41, 5.74) is 5.65. The van der Waals surface area contributed by atoms with Crippen molar-refractivity contribution in [2.45, 2.75) is 32.8 Å². The predicted molar refractivity (Wildman–Crippen MR) is 124 cm³/mol. The highest BCUT2D eigenvalue weighted by Gasteiger charge is 2.18. The SMILES string of the molecule is Cc1ccc(NC(=O)COc2cccc(/C=N\NC(=O)C(=O)NC[C@@H]3CCCO3)c2)c(C)c1. The molecule has 9 nitrogen and oxygen atoms in total. The van der Waals surface area contributed by atoms with Crippen molar-refractivity contribution in [2.24, 2.45) is 5.10 Å². The van der Waals surface area contributed by atoms with E-state index in [4.69, 9.17) is 9.47 Å². The van der Waals surface area contributed by atoms with Gasteiger partial charge in [-0.3, -0.25) is 14.4 Å². The number of anilines is 1. The van der Waals surface area contributed by atoms with Crippen LogP contribution in [0.3, 0.4) is 0 Å². The van der Waals surface area contributed by atoms with Gasteiger partial charge < -0.3 is 20.1 Å². The number of amides is 3. The number of carbonyl (C=O) groups is 3. The number of nitrogens with zero attached hydrogens (tertiary/aromatic N) is 1. The first-order valence-corrected chi connectivity index (χ1v) is 10.7. The molecule has 3 rings (SSSR count). The maximum atomic E-state index is 12.2. The smallest absolute Gasteiger partial charge is 0.329 e. The zero-order valence-corrected chi connectivity index (χ0v) is 18.7. The van der Waals surface area contributed by atoms with Gasteiger partial charge >= 0.3 is 11.8 Å². The largest absolute Gasteiger partial charge is 0.484 e. The minimum absolute atomic E-state index is 0.0454. The van der Waals surface area contributed by atoms with E-state index in [1.165, 1.54) is 6.21 Å².